The molecule has 0 unspecified atom stereocenters. The van der Waals surface area contributed by atoms with Crippen LogP contribution < -0.4 is 0 Å². The number of nitrogens with zero attached hydrogens (tertiary/aromatic N) is 1. The number of esters is 1. The van der Waals surface area contributed by atoms with Crippen LogP contribution in [0.1, 0.15) is 32.8 Å². The SMILES string of the molecule is CC(C)(C)OC(=O)N1CC[C@H](C(=O)OCC[Si](C)(C)C)[C@H](SCc2ccccc2)C1. The van der Waals surface area contributed by atoms with Gasteiger partial charge in [0.15, 0.2) is 0 Å². The van der Waals surface area contributed by atoms with E-state index in [2.05, 4.69) is 31.8 Å². The lowest BCUT2D eigenvalue weighted by atomic mass is 9.96. The Bertz CT molecular complexity index is 699. The van der Waals surface area contributed by atoms with E-state index in [1.807, 2.05) is 39.0 Å². The van der Waals surface area contributed by atoms with E-state index in [-0.39, 0.29) is 23.2 Å². The minimum absolute atomic E-state index is 0.00847. The van der Waals surface area contributed by atoms with Gasteiger partial charge in [0, 0.05) is 32.2 Å². The van der Waals surface area contributed by atoms with Crippen LogP contribution in [0.2, 0.25) is 25.7 Å². The summed E-state index contributed by atoms with van der Waals surface area (Å²) < 4.78 is 11.2. The van der Waals surface area contributed by atoms with Gasteiger partial charge in [0.1, 0.15) is 5.60 Å². The van der Waals surface area contributed by atoms with Crippen molar-refractivity contribution >= 4 is 31.9 Å². The zero-order chi connectivity index (χ0) is 22.4. The number of amides is 1. The first-order valence-corrected chi connectivity index (χ1v) is 15.5. The molecule has 0 aliphatic carbocycles. The molecule has 30 heavy (non-hydrogen) atoms. The molecular formula is C23H37NO4SSi. The number of hydrogen-bond donors (Lipinski definition) is 0. The van der Waals surface area contributed by atoms with Gasteiger partial charge in [0.05, 0.1) is 12.5 Å². The number of thioether (sulfide) groups is 1. The molecule has 1 aliphatic rings. The number of hydrogen-bond acceptors (Lipinski definition) is 5. The smallest absolute Gasteiger partial charge is 0.410 e. The average Bonchev–Trinajstić information content (AvgIpc) is 2.64. The third-order valence-corrected chi connectivity index (χ3v) is 8.03. The topological polar surface area (TPSA) is 55.8 Å². The maximum absolute atomic E-state index is 12.9. The summed E-state index contributed by atoms with van der Waals surface area (Å²) in [6.45, 7) is 14.0. The van der Waals surface area contributed by atoms with Crippen LogP contribution in [0, 0.1) is 5.92 Å². The van der Waals surface area contributed by atoms with Crippen molar-refractivity contribution in [3.8, 4) is 0 Å². The van der Waals surface area contributed by atoms with Crippen LogP contribution in [0.25, 0.3) is 0 Å². The Morgan fingerprint density at radius 3 is 2.43 bits per heavy atom. The molecule has 1 aromatic rings. The van der Waals surface area contributed by atoms with Gasteiger partial charge in [-0.3, -0.25) is 4.79 Å². The molecule has 1 fully saturated rings. The summed E-state index contributed by atoms with van der Waals surface area (Å²) in [5, 5.41) is -0.00847. The molecule has 0 saturated carbocycles. The fourth-order valence-corrected chi connectivity index (χ4v) is 5.27. The van der Waals surface area contributed by atoms with Gasteiger partial charge in [-0.15, -0.1) is 0 Å². The molecule has 1 amide bonds. The molecule has 2 rings (SSSR count). The number of carbonyl (C=O) groups is 2. The number of likely N-dealkylation sites (tertiary alicyclic amines) is 1. The zero-order valence-corrected chi connectivity index (χ0v) is 21.1. The van der Waals surface area contributed by atoms with Crippen LogP contribution in [0.4, 0.5) is 4.79 Å². The molecule has 7 heteroatoms. The van der Waals surface area contributed by atoms with E-state index in [0.29, 0.717) is 26.1 Å². The lowest BCUT2D eigenvalue weighted by molar-refractivity contribution is -0.149. The number of rotatable bonds is 7. The van der Waals surface area contributed by atoms with Crippen molar-refractivity contribution in [3.63, 3.8) is 0 Å². The van der Waals surface area contributed by atoms with E-state index in [4.69, 9.17) is 9.47 Å². The lowest BCUT2D eigenvalue weighted by Gasteiger charge is -2.37. The number of piperidine rings is 1. The van der Waals surface area contributed by atoms with Crippen LogP contribution in [0.15, 0.2) is 30.3 Å². The molecule has 0 N–H and O–H groups in total. The third-order valence-electron chi connectivity index (χ3n) is 4.92. The fraction of sp³-hybridized carbons (Fsp3) is 0.652. The summed E-state index contributed by atoms with van der Waals surface area (Å²) >= 11 is 1.72. The van der Waals surface area contributed by atoms with Gasteiger partial charge in [0.2, 0.25) is 0 Å². The first-order chi connectivity index (χ1) is 13.9. The number of benzene rings is 1. The largest absolute Gasteiger partial charge is 0.466 e. The molecule has 2 atom stereocenters. The molecule has 0 bridgehead atoms. The Hall–Kier alpha value is -1.47. The molecule has 0 radical (unpaired) electrons. The van der Waals surface area contributed by atoms with Crippen molar-refractivity contribution in [2.24, 2.45) is 5.92 Å². The summed E-state index contributed by atoms with van der Waals surface area (Å²) in [6, 6.07) is 11.2. The van der Waals surface area contributed by atoms with Gasteiger partial charge >= 0.3 is 12.1 Å². The predicted octanol–water partition coefficient (Wildman–Crippen LogP) is 5.43. The van der Waals surface area contributed by atoms with E-state index < -0.39 is 13.7 Å². The van der Waals surface area contributed by atoms with Gasteiger partial charge in [0.25, 0.3) is 0 Å². The first-order valence-electron chi connectivity index (χ1n) is 10.7. The highest BCUT2D eigenvalue weighted by Crippen LogP contribution is 2.32. The van der Waals surface area contributed by atoms with Crippen molar-refractivity contribution in [2.45, 2.75) is 69.5 Å². The van der Waals surface area contributed by atoms with Crippen molar-refractivity contribution < 1.29 is 19.1 Å². The normalized spacial score (nSPS) is 20.0. The predicted molar refractivity (Wildman–Crippen MR) is 127 cm³/mol. The lowest BCUT2D eigenvalue weighted by Crippen LogP contribution is -2.49. The van der Waals surface area contributed by atoms with Gasteiger partial charge in [-0.1, -0.05) is 50.0 Å². The quantitative estimate of drug-likeness (QED) is 0.409. The fourth-order valence-electron chi connectivity index (χ4n) is 3.19. The molecule has 1 aliphatic heterocycles. The molecule has 1 aromatic carbocycles. The summed E-state index contributed by atoms with van der Waals surface area (Å²) in [5.74, 6) is 0.480. The van der Waals surface area contributed by atoms with Crippen LogP contribution in [-0.2, 0) is 20.0 Å². The third kappa shape index (κ3) is 8.72. The number of ether oxygens (including phenoxy) is 2. The van der Waals surface area contributed by atoms with Crippen molar-refractivity contribution in [1.29, 1.82) is 0 Å². The highest BCUT2D eigenvalue weighted by molar-refractivity contribution is 7.99. The molecule has 0 spiro atoms. The Morgan fingerprint density at radius 2 is 1.83 bits per heavy atom. The Morgan fingerprint density at radius 1 is 1.17 bits per heavy atom. The highest BCUT2D eigenvalue weighted by Gasteiger charge is 2.38. The summed E-state index contributed by atoms with van der Waals surface area (Å²) in [4.78, 5) is 27.2. The van der Waals surface area contributed by atoms with Gasteiger partial charge < -0.3 is 14.4 Å². The highest BCUT2D eigenvalue weighted by atomic mass is 32.2. The van der Waals surface area contributed by atoms with Crippen LogP contribution in [0.3, 0.4) is 0 Å². The maximum atomic E-state index is 12.9. The standard InChI is InChI=1S/C23H37NO4SSi/c1-23(2,3)28-22(26)24-13-12-19(21(25)27-14-15-30(4,5)6)20(16-24)29-17-18-10-8-7-9-11-18/h7-11,19-20H,12-17H2,1-6H3/t19-,20+/m0/s1. The second-order valence-electron chi connectivity index (χ2n) is 10.1. The second kappa shape index (κ2) is 10.7. The van der Waals surface area contributed by atoms with E-state index in [0.717, 1.165) is 11.8 Å². The Kier molecular flexibility index (Phi) is 8.85. The summed E-state index contributed by atoms with van der Waals surface area (Å²) in [7, 11) is -1.25. The van der Waals surface area contributed by atoms with Gasteiger partial charge in [-0.05, 0) is 38.8 Å². The average molecular weight is 452 g/mol. The van der Waals surface area contributed by atoms with Gasteiger partial charge in [-0.2, -0.15) is 11.8 Å². The molecular weight excluding hydrogens is 414 g/mol. The van der Waals surface area contributed by atoms with E-state index in [1.165, 1.54) is 5.56 Å². The summed E-state index contributed by atoms with van der Waals surface area (Å²) in [5.41, 5.74) is 0.680. The first kappa shape index (κ1) is 24.8. The Labute approximate surface area is 186 Å². The number of carbonyl (C=O) groups excluding carboxylic acids is 2. The van der Waals surface area contributed by atoms with E-state index in [9.17, 15) is 9.59 Å². The van der Waals surface area contributed by atoms with Crippen molar-refractivity contribution in [3.05, 3.63) is 35.9 Å². The minimum atomic E-state index is -1.25. The molecule has 1 heterocycles. The molecule has 1 saturated heterocycles. The molecule has 0 aromatic heterocycles. The zero-order valence-electron chi connectivity index (χ0n) is 19.3. The molecule has 5 nitrogen and oxygen atoms in total. The van der Waals surface area contributed by atoms with Crippen molar-refractivity contribution in [2.75, 3.05) is 19.7 Å². The van der Waals surface area contributed by atoms with E-state index >= 15 is 0 Å². The minimum Gasteiger partial charge on any atom is -0.466 e. The second-order valence-corrected chi connectivity index (χ2v) is 17.0. The maximum Gasteiger partial charge on any atom is 0.410 e. The van der Waals surface area contributed by atoms with Crippen LogP contribution >= 0.6 is 11.8 Å². The monoisotopic (exact) mass is 451 g/mol. The summed E-state index contributed by atoms with van der Waals surface area (Å²) in [6.07, 6.45) is 0.302. The molecule has 168 valence electrons. The van der Waals surface area contributed by atoms with E-state index in [1.54, 1.807) is 16.7 Å². The van der Waals surface area contributed by atoms with Crippen LogP contribution in [0.5, 0.6) is 0 Å². The Balaban J connectivity index is 2.03. The van der Waals surface area contributed by atoms with Gasteiger partial charge in [-0.25, -0.2) is 4.79 Å². The van der Waals surface area contributed by atoms with Crippen LogP contribution in [-0.4, -0.2) is 55.6 Å². The van der Waals surface area contributed by atoms with Crippen molar-refractivity contribution in [1.82, 2.24) is 4.90 Å².